The minimum Gasteiger partial charge on any atom is -0.345 e. The van der Waals surface area contributed by atoms with E-state index in [-0.39, 0.29) is 17.9 Å². The summed E-state index contributed by atoms with van der Waals surface area (Å²) in [6.45, 7) is 0.650. The SMILES string of the molecule is CN(C)C(=O)c1cc(-c2cn[nH]c2)ccc1NC(=O)C1Cc2ccccc2CN1. The number of H-pyrrole nitrogens is 1. The summed E-state index contributed by atoms with van der Waals surface area (Å²) in [7, 11) is 3.39. The van der Waals surface area contributed by atoms with Crippen LogP contribution in [-0.4, -0.2) is 47.0 Å². The Labute approximate surface area is 169 Å². The summed E-state index contributed by atoms with van der Waals surface area (Å²) in [5, 5.41) is 13.0. The third-order valence-corrected chi connectivity index (χ3v) is 5.14. The van der Waals surface area contributed by atoms with E-state index in [1.165, 1.54) is 16.0 Å². The van der Waals surface area contributed by atoms with Crippen molar-refractivity contribution in [3.63, 3.8) is 0 Å². The lowest BCUT2D eigenvalue weighted by Crippen LogP contribution is -2.44. The van der Waals surface area contributed by atoms with Crippen molar-refractivity contribution in [2.45, 2.75) is 19.0 Å². The van der Waals surface area contributed by atoms with Crippen LogP contribution in [0, 0.1) is 0 Å². The van der Waals surface area contributed by atoms with E-state index in [0.717, 1.165) is 11.1 Å². The normalized spacial score (nSPS) is 15.4. The number of carbonyl (C=O) groups excluding carboxylic acids is 2. The predicted octanol–water partition coefficient (Wildman–Crippen LogP) is 2.43. The van der Waals surface area contributed by atoms with Crippen molar-refractivity contribution in [2.75, 3.05) is 19.4 Å². The van der Waals surface area contributed by atoms with Crippen LogP contribution in [0.2, 0.25) is 0 Å². The summed E-state index contributed by atoms with van der Waals surface area (Å²) in [5.41, 5.74) is 5.06. The van der Waals surface area contributed by atoms with Crippen molar-refractivity contribution in [3.8, 4) is 11.1 Å². The molecule has 7 nitrogen and oxygen atoms in total. The summed E-state index contributed by atoms with van der Waals surface area (Å²) in [6, 6.07) is 13.2. The van der Waals surface area contributed by atoms with Crippen LogP contribution in [-0.2, 0) is 17.8 Å². The zero-order chi connectivity index (χ0) is 20.4. The van der Waals surface area contributed by atoms with Crippen molar-refractivity contribution in [2.24, 2.45) is 0 Å². The highest BCUT2D eigenvalue weighted by atomic mass is 16.2. The van der Waals surface area contributed by atoms with Crippen LogP contribution in [0.3, 0.4) is 0 Å². The lowest BCUT2D eigenvalue weighted by Gasteiger charge is -2.26. The molecular weight excluding hydrogens is 366 g/mol. The number of rotatable bonds is 4. The van der Waals surface area contributed by atoms with Gasteiger partial charge in [-0.15, -0.1) is 0 Å². The number of amides is 2. The number of nitrogens with zero attached hydrogens (tertiary/aromatic N) is 2. The molecule has 4 rings (SSSR count). The molecule has 0 spiro atoms. The molecule has 1 atom stereocenters. The standard InChI is InChI=1S/C22H23N5O2/c1-27(2)22(29)18-9-15(17-12-24-25-13-17)7-8-19(18)26-21(28)20-10-14-5-3-4-6-16(14)11-23-20/h3-9,12-13,20,23H,10-11H2,1-2H3,(H,24,25)(H,26,28). The Kier molecular flexibility index (Phi) is 5.14. The van der Waals surface area contributed by atoms with E-state index in [4.69, 9.17) is 0 Å². The maximum atomic E-state index is 12.9. The van der Waals surface area contributed by atoms with E-state index in [2.05, 4.69) is 33.0 Å². The minimum absolute atomic E-state index is 0.150. The molecule has 2 heterocycles. The molecule has 3 aromatic rings. The van der Waals surface area contributed by atoms with Gasteiger partial charge in [0.15, 0.2) is 0 Å². The Bertz CT molecular complexity index is 1040. The molecule has 0 saturated carbocycles. The Balaban J connectivity index is 1.59. The van der Waals surface area contributed by atoms with E-state index in [0.29, 0.717) is 24.2 Å². The van der Waals surface area contributed by atoms with Crippen LogP contribution in [0.1, 0.15) is 21.5 Å². The van der Waals surface area contributed by atoms with Crippen molar-refractivity contribution >= 4 is 17.5 Å². The van der Waals surface area contributed by atoms with Crippen molar-refractivity contribution in [1.82, 2.24) is 20.4 Å². The summed E-state index contributed by atoms with van der Waals surface area (Å²) < 4.78 is 0. The third-order valence-electron chi connectivity index (χ3n) is 5.14. The lowest BCUT2D eigenvalue weighted by atomic mass is 9.95. The van der Waals surface area contributed by atoms with Crippen molar-refractivity contribution in [3.05, 3.63) is 71.5 Å². The Morgan fingerprint density at radius 1 is 1.10 bits per heavy atom. The van der Waals surface area contributed by atoms with Gasteiger partial charge >= 0.3 is 0 Å². The fourth-order valence-corrected chi connectivity index (χ4v) is 3.52. The molecule has 0 saturated heterocycles. The quantitative estimate of drug-likeness (QED) is 0.639. The maximum absolute atomic E-state index is 12.9. The molecule has 2 aromatic carbocycles. The average molecular weight is 389 g/mol. The Morgan fingerprint density at radius 2 is 1.90 bits per heavy atom. The van der Waals surface area contributed by atoms with Gasteiger partial charge in [0.1, 0.15) is 0 Å². The number of anilines is 1. The Hall–Kier alpha value is -3.45. The molecule has 1 unspecified atom stereocenters. The summed E-state index contributed by atoms with van der Waals surface area (Å²) in [5.74, 6) is -0.323. The van der Waals surface area contributed by atoms with Crippen LogP contribution in [0.25, 0.3) is 11.1 Å². The topological polar surface area (TPSA) is 90.1 Å². The first-order valence-electron chi connectivity index (χ1n) is 9.49. The monoisotopic (exact) mass is 389 g/mol. The van der Waals surface area contributed by atoms with Crippen LogP contribution < -0.4 is 10.6 Å². The number of aromatic amines is 1. The minimum atomic E-state index is -0.347. The van der Waals surface area contributed by atoms with E-state index < -0.39 is 0 Å². The van der Waals surface area contributed by atoms with Gasteiger partial charge in [0.25, 0.3) is 5.91 Å². The van der Waals surface area contributed by atoms with E-state index in [1.54, 1.807) is 38.6 Å². The number of nitrogens with one attached hydrogen (secondary N) is 3. The zero-order valence-electron chi connectivity index (χ0n) is 16.4. The van der Waals surface area contributed by atoms with Gasteiger partial charge < -0.3 is 15.5 Å². The molecule has 0 bridgehead atoms. The first kappa shape index (κ1) is 18.9. The van der Waals surface area contributed by atoms with Gasteiger partial charge in [-0.05, 0) is 35.2 Å². The number of hydrogen-bond acceptors (Lipinski definition) is 4. The zero-order valence-corrected chi connectivity index (χ0v) is 16.4. The molecule has 0 fully saturated rings. The summed E-state index contributed by atoms with van der Waals surface area (Å²) in [6.07, 6.45) is 4.08. The molecule has 148 valence electrons. The number of benzene rings is 2. The summed E-state index contributed by atoms with van der Waals surface area (Å²) >= 11 is 0. The molecule has 7 heteroatoms. The molecule has 1 aliphatic rings. The van der Waals surface area contributed by atoms with Gasteiger partial charge in [0.05, 0.1) is 23.5 Å². The fraction of sp³-hybridized carbons (Fsp3) is 0.227. The predicted molar refractivity (Wildman–Crippen MR) is 111 cm³/mol. The molecule has 3 N–H and O–H groups in total. The first-order chi connectivity index (χ1) is 14.0. The summed E-state index contributed by atoms with van der Waals surface area (Å²) in [4.78, 5) is 27.2. The van der Waals surface area contributed by atoms with Crippen LogP contribution >= 0.6 is 0 Å². The lowest BCUT2D eigenvalue weighted by molar-refractivity contribution is -0.118. The maximum Gasteiger partial charge on any atom is 0.255 e. The molecule has 1 aromatic heterocycles. The largest absolute Gasteiger partial charge is 0.345 e. The van der Waals surface area contributed by atoms with Crippen LogP contribution in [0.5, 0.6) is 0 Å². The molecule has 2 amide bonds. The van der Waals surface area contributed by atoms with E-state index >= 15 is 0 Å². The van der Waals surface area contributed by atoms with Crippen LogP contribution in [0.4, 0.5) is 5.69 Å². The van der Waals surface area contributed by atoms with Gasteiger partial charge in [-0.25, -0.2) is 0 Å². The number of fused-ring (bicyclic) bond motifs is 1. The first-order valence-corrected chi connectivity index (χ1v) is 9.49. The molecular formula is C22H23N5O2. The molecule has 29 heavy (non-hydrogen) atoms. The smallest absolute Gasteiger partial charge is 0.255 e. The van der Waals surface area contributed by atoms with Crippen LogP contribution in [0.15, 0.2) is 54.9 Å². The second-order valence-electron chi connectivity index (χ2n) is 7.34. The van der Waals surface area contributed by atoms with Gasteiger partial charge in [-0.3, -0.25) is 14.7 Å². The fourth-order valence-electron chi connectivity index (χ4n) is 3.52. The highest BCUT2D eigenvalue weighted by Gasteiger charge is 2.25. The Morgan fingerprint density at radius 3 is 2.62 bits per heavy atom. The second-order valence-corrected chi connectivity index (χ2v) is 7.34. The van der Waals surface area contributed by atoms with Gasteiger partial charge in [-0.1, -0.05) is 30.3 Å². The molecule has 1 aliphatic heterocycles. The van der Waals surface area contributed by atoms with Gasteiger partial charge in [0, 0.05) is 32.4 Å². The van der Waals surface area contributed by atoms with Crippen molar-refractivity contribution in [1.29, 1.82) is 0 Å². The van der Waals surface area contributed by atoms with Gasteiger partial charge in [-0.2, -0.15) is 5.10 Å². The second kappa shape index (κ2) is 7.89. The number of hydrogen-bond donors (Lipinski definition) is 3. The highest BCUT2D eigenvalue weighted by Crippen LogP contribution is 2.26. The number of aromatic nitrogens is 2. The van der Waals surface area contributed by atoms with Crippen molar-refractivity contribution < 1.29 is 9.59 Å². The van der Waals surface area contributed by atoms with E-state index in [9.17, 15) is 9.59 Å². The van der Waals surface area contributed by atoms with Gasteiger partial charge in [0.2, 0.25) is 5.91 Å². The highest BCUT2D eigenvalue weighted by molar-refractivity contribution is 6.05. The molecule has 0 aliphatic carbocycles. The average Bonchev–Trinajstić information content (AvgIpc) is 3.28. The van der Waals surface area contributed by atoms with E-state index in [1.807, 2.05) is 18.2 Å². The molecule has 0 radical (unpaired) electrons. The number of carbonyl (C=O) groups is 2. The third kappa shape index (κ3) is 3.90.